The predicted molar refractivity (Wildman–Crippen MR) is 75.6 cm³/mol. The molecule has 0 aliphatic carbocycles. The van der Waals surface area contributed by atoms with Gasteiger partial charge in [0.25, 0.3) is 0 Å². The Bertz CT molecular complexity index is 399. The van der Waals surface area contributed by atoms with Gasteiger partial charge in [0.15, 0.2) is 0 Å². The molecule has 1 aliphatic heterocycles. The Morgan fingerprint density at radius 1 is 1.33 bits per heavy atom. The normalized spacial score (nSPS) is 21.5. The van der Waals surface area contributed by atoms with Crippen LogP contribution in [0.5, 0.6) is 0 Å². The quantitative estimate of drug-likeness (QED) is 0.725. The van der Waals surface area contributed by atoms with Crippen LogP contribution in [-0.2, 0) is 19.1 Å². The Morgan fingerprint density at radius 3 is 2.57 bits per heavy atom. The van der Waals surface area contributed by atoms with E-state index in [-0.39, 0.29) is 18.4 Å². The Kier molecular flexibility index (Phi) is 6.61. The maximum absolute atomic E-state index is 12.5. The fraction of sp³-hybridized carbons (Fsp3) is 0.786. The number of nitrogens with zero attached hydrogens (tertiary/aromatic N) is 1. The number of ether oxygens (including phenoxy) is 1. The number of hydrogen-bond acceptors (Lipinski definition) is 4. The third-order valence-corrected chi connectivity index (χ3v) is 3.79. The monoisotopic (exact) mass is 300 g/mol. The number of amides is 2. The number of carboxylic acid groups (broad SMARTS) is 1. The van der Waals surface area contributed by atoms with Crippen LogP contribution >= 0.6 is 0 Å². The molecule has 7 heteroatoms. The van der Waals surface area contributed by atoms with Crippen LogP contribution in [0.2, 0.25) is 0 Å². The molecule has 0 radical (unpaired) electrons. The van der Waals surface area contributed by atoms with Gasteiger partial charge in [0.05, 0.1) is 19.1 Å². The summed E-state index contributed by atoms with van der Waals surface area (Å²) in [5.41, 5.74) is 0. The third kappa shape index (κ3) is 4.42. The lowest BCUT2D eigenvalue weighted by molar-refractivity contribution is -0.156. The van der Waals surface area contributed by atoms with Crippen LogP contribution in [0.4, 0.5) is 0 Å². The van der Waals surface area contributed by atoms with Gasteiger partial charge >= 0.3 is 5.97 Å². The van der Waals surface area contributed by atoms with Crippen molar-refractivity contribution in [2.45, 2.75) is 33.2 Å². The number of nitrogens with one attached hydrogen (secondary N) is 1. The van der Waals surface area contributed by atoms with E-state index in [4.69, 9.17) is 9.84 Å². The fourth-order valence-electron chi connectivity index (χ4n) is 2.14. The van der Waals surface area contributed by atoms with E-state index in [1.165, 1.54) is 11.8 Å². The smallest absolute Gasteiger partial charge is 0.307 e. The van der Waals surface area contributed by atoms with Crippen molar-refractivity contribution in [3.63, 3.8) is 0 Å². The van der Waals surface area contributed by atoms with Crippen molar-refractivity contribution < 1.29 is 24.2 Å². The number of morpholine rings is 1. The van der Waals surface area contributed by atoms with Gasteiger partial charge in [-0.2, -0.15) is 0 Å². The maximum atomic E-state index is 12.5. The van der Waals surface area contributed by atoms with E-state index in [9.17, 15) is 14.4 Å². The fourth-order valence-corrected chi connectivity index (χ4v) is 2.14. The molecule has 0 spiro atoms. The van der Waals surface area contributed by atoms with E-state index in [0.717, 1.165) is 6.42 Å². The molecular weight excluding hydrogens is 276 g/mol. The number of carboxylic acids is 1. The molecule has 0 bridgehead atoms. The van der Waals surface area contributed by atoms with Crippen molar-refractivity contribution in [2.75, 3.05) is 26.3 Å². The molecule has 0 aromatic carbocycles. The van der Waals surface area contributed by atoms with Gasteiger partial charge in [0.1, 0.15) is 6.04 Å². The van der Waals surface area contributed by atoms with Crippen LogP contribution in [-0.4, -0.2) is 60.1 Å². The summed E-state index contributed by atoms with van der Waals surface area (Å²) in [7, 11) is 0. The molecule has 1 rings (SSSR count). The Balaban J connectivity index is 2.78. The first-order valence-corrected chi connectivity index (χ1v) is 7.28. The maximum Gasteiger partial charge on any atom is 0.307 e. The van der Waals surface area contributed by atoms with Crippen LogP contribution in [0.1, 0.15) is 27.2 Å². The second-order valence-corrected chi connectivity index (χ2v) is 5.33. The topological polar surface area (TPSA) is 95.9 Å². The number of carbonyl (C=O) groups excluding carboxylic acids is 2. The van der Waals surface area contributed by atoms with Gasteiger partial charge in [0.2, 0.25) is 11.8 Å². The molecule has 120 valence electrons. The molecule has 1 aliphatic rings. The van der Waals surface area contributed by atoms with E-state index in [1.807, 2.05) is 6.92 Å². The van der Waals surface area contributed by atoms with Gasteiger partial charge in [-0.1, -0.05) is 20.8 Å². The van der Waals surface area contributed by atoms with Gasteiger partial charge in [-0.15, -0.1) is 0 Å². The van der Waals surface area contributed by atoms with Gasteiger partial charge in [-0.3, -0.25) is 14.4 Å². The first-order valence-electron chi connectivity index (χ1n) is 7.28. The van der Waals surface area contributed by atoms with Crippen LogP contribution in [0.15, 0.2) is 0 Å². The first-order chi connectivity index (χ1) is 9.90. The minimum absolute atomic E-state index is 0.148. The largest absolute Gasteiger partial charge is 0.481 e. The zero-order chi connectivity index (χ0) is 16.0. The summed E-state index contributed by atoms with van der Waals surface area (Å²) in [5.74, 6) is -3.05. The molecule has 1 heterocycles. The number of hydrogen-bond donors (Lipinski definition) is 2. The zero-order valence-corrected chi connectivity index (χ0v) is 12.8. The zero-order valence-electron chi connectivity index (χ0n) is 12.8. The van der Waals surface area contributed by atoms with Gasteiger partial charge in [-0.05, 0) is 6.42 Å². The van der Waals surface area contributed by atoms with Crippen molar-refractivity contribution >= 4 is 17.8 Å². The Morgan fingerprint density at radius 2 is 2.00 bits per heavy atom. The second kappa shape index (κ2) is 7.97. The SMILES string of the molecule is CCCNC(=O)C1COCCN1C(=O)C(C)C(C)C(=O)O. The summed E-state index contributed by atoms with van der Waals surface area (Å²) < 4.78 is 5.28. The summed E-state index contributed by atoms with van der Waals surface area (Å²) in [6.07, 6.45) is 0.805. The van der Waals surface area contributed by atoms with Crippen molar-refractivity contribution in [3.05, 3.63) is 0 Å². The van der Waals surface area contributed by atoms with E-state index >= 15 is 0 Å². The lowest BCUT2D eigenvalue weighted by Gasteiger charge is -2.36. The summed E-state index contributed by atoms with van der Waals surface area (Å²) in [5, 5.41) is 11.8. The van der Waals surface area contributed by atoms with E-state index in [2.05, 4.69) is 5.32 Å². The van der Waals surface area contributed by atoms with Crippen LogP contribution in [0, 0.1) is 11.8 Å². The minimum Gasteiger partial charge on any atom is -0.481 e. The highest BCUT2D eigenvalue weighted by molar-refractivity contribution is 5.90. The van der Waals surface area contributed by atoms with Crippen molar-refractivity contribution in [3.8, 4) is 0 Å². The highest BCUT2D eigenvalue weighted by Crippen LogP contribution is 2.18. The molecule has 2 N–H and O–H groups in total. The van der Waals surface area contributed by atoms with Crippen molar-refractivity contribution in [1.82, 2.24) is 10.2 Å². The van der Waals surface area contributed by atoms with Gasteiger partial charge in [-0.25, -0.2) is 0 Å². The Labute approximate surface area is 124 Å². The van der Waals surface area contributed by atoms with Gasteiger partial charge in [0, 0.05) is 19.0 Å². The van der Waals surface area contributed by atoms with E-state index in [0.29, 0.717) is 19.7 Å². The average Bonchev–Trinajstić information content (AvgIpc) is 2.50. The molecule has 3 atom stereocenters. The molecule has 3 unspecified atom stereocenters. The number of carbonyl (C=O) groups is 3. The van der Waals surface area contributed by atoms with E-state index < -0.39 is 23.8 Å². The molecule has 1 fully saturated rings. The van der Waals surface area contributed by atoms with Crippen molar-refractivity contribution in [1.29, 1.82) is 0 Å². The van der Waals surface area contributed by atoms with Crippen LogP contribution < -0.4 is 5.32 Å². The predicted octanol–water partition coefficient (Wildman–Crippen LogP) is 0.0968. The number of rotatable bonds is 6. The molecule has 7 nitrogen and oxygen atoms in total. The summed E-state index contributed by atoms with van der Waals surface area (Å²) in [4.78, 5) is 37.0. The first kappa shape index (κ1) is 17.4. The van der Waals surface area contributed by atoms with Crippen molar-refractivity contribution in [2.24, 2.45) is 11.8 Å². The Hall–Kier alpha value is -1.63. The molecule has 1 saturated heterocycles. The molecule has 2 amide bonds. The van der Waals surface area contributed by atoms with Crippen LogP contribution in [0.25, 0.3) is 0 Å². The molecular formula is C14H24N2O5. The highest BCUT2D eigenvalue weighted by atomic mass is 16.5. The third-order valence-electron chi connectivity index (χ3n) is 3.79. The number of aliphatic carboxylic acids is 1. The lowest BCUT2D eigenvalue weighted by Crippen LogP contribution is -2.57. The average molecular weight is 300 g/mol. The summed E-state index contributed by atoms with van der Waals surface area (Å²) in [6, 6.07) is -0.679. The van der Waals surface area contributed by atoms with Crippen LogP contribution in [0.3, 0.4) is 0 Å². The molecule has 21 heavy (non-hydrogen) atoms. The molecule has 0 saturated carbocycles. The summed E-state index contributed by atoms with van der Waals surface area (Å²) >= 11 is 0. The minimum atomic E-state index is -1.02. The summed E-state index contributed by atoms with van der Waals surface area (Å²) in [6.45, 7) is 6.37. The second-order valence-electron chi connectivity index (χ2n) is 5.33. The standard InChI is InChI=1S/C14H24N2O5/c1-4-5-15-12(17)11-8-21-7-6-16(11)13(18)9(2)10(3)14(19)20/h9-11H,4-8H2,1-3H3,(H,15,17)(H,19,20). The molecule has 0 aromatic heterocycles. The molecule has 0 aromatic rings. The van der Waals surface area contributed by atoms with E-state index in [1.54, 1.807) is 6.92 Å². The van der Waals surface area contributed by atoms with Gasteiger partial charge < -0.3 is 20.1 Å². The lowest BCUT2D eigenvalue weighted by atomic mass is 9.94. The highest BCUT2D eigenvalue weighted by Gasteiger charge is 2.37.